The molecule has 1 N–H and O–H groups in total. The smallest absolute Gasteiger partial charge is 0.246 e. The van der Waals surface area contributed by atoms with Gasteiger partial charge < -0.3 is 10.0 Å². The first-order chi connectivity index (χ1) is 11.3. The topological polar surface area (TPSA) is 40.5 Å². The van der Waals surface area contributed by atoms with Crippen LogP contribution < -0.4 is 0 Å². The lowest BCUT2D eigenvalue weighted by molar-refractivity contribution is -0.124. The van der Waals surface area contributed by atoms with Crippen LogP contribution in [0.4, 0.5) is 0 Å². The van der Waals surface area contributed by atoms with Crippen LogP contribution >= 0.6 is 0 Å². The quantitative estimate of drug-likeness (QED) is 0.736. The zero-order valence-electron chi connectivity index (χ0n) is 15.7. The second-order valence-electron chi connectivity index (χ2n) is 9.68. The molecule has 1 amide bonds. The van der Waals surface area contributed by atoms with Crippen molar-refractivity contribution in [3.05, 3.63) is 11.6 Å². The Morgan fingerprint density at radius 2 is 1.92 bits per heavy atom. The molecule has 1 heterocycles. The highest BCUT2D eigenvalue weighted by atomic mass is 16.3. The summed E-state index contributed by atoms with van der Waals surface area (Å²) in [6.07, 6.45) is 8.72. The van der Waals surface area contributed by atoms with Gasteiger partial charge in [-0.2, -0.15) is 0 Å². The molecule has 0 aromatic rings. The van der Waals surface area contributed by atoms with Gasteiger partial charge in [0.1, 0.15) is 0 Å². The van der Waals surface area contributed by atoms with Gasteiger partial charge in [-0.15, -0.1) is 0 Å². The van der Waals surface area contributed by atoms with Gasteiger partial charge in [-0.25, -0.2) is 0 Å². The minimum atomic E-state index is -0.106. The van der Waals surface area contributed by atoms with Gasteiger partial charge in [0.15, 0.2) is 0 Å². The summed E-state index contributed by atoms with van der Waals surface area (Å²) in [5, 5.41) is 10.6. The molecule has 3 saturated carbocycles. The summed E-state index contributed by atoms with van der Waals surface area (Å²) in [4.78, 5) is 14.3. The Kier molecular flexibility index (Phi) is 3.69. The summed E-state index contributed by atoms with van der Waals surface area (Å²) < 4.78 is 0. The number of aliphatic hydroxyl groups excluding tert-OH is 1. The van der Waals surface area contributed by atoms with Crippen LogP contribution in [0, 0.1) is 34.5 Å². The minimum Gasteiger partial charge on any atom is -0.393 e. The Balaban J connectivity index is 1.73. The molecule has 0 aromatic heterocycles. The first kappa shape index (κ1) is 16.6. The minimum absolute atomic E-state index is 0.106. The van der Waals surface area contributed by atoms with Crippen molar-refractivity contribution in [2.24, 2.45) is 34.5 Å². The van der Waals surface area contributed by atoms with Crippen LogP contribution in [0.25, 0.3) is 0 Å². The first-order valence-corrected chi connectivity index (χ1v) is 9.92. The average molecular weight is 332 g/mol. The number of fused-ring (bicyclic) bond motifs is 5. The van der Waals surface area contributed by atoms with E-state index in [1.165, 1.54) is 24.8 Å². The van der Waals surface area contributed by atoms with Gasteiger partial charge in [-0.1, -0.05) is 26.3 Å². The first-order valence-electron chi connectivity index (χ1n) is 9.92. The molecule has 24 heavy (non-hydrogen) atoms. The van der Waals surface area contributed by atoms with Gasteiger partial charge in [0.25, 0.3) is 0 Å². The molecule has 3 heteroatoms. The highest BCUT2D eigenvalue weighted by molar-refractivity contribution is 5.88. The highest BCUT2D eigenvalue weighted by Crippen LogP contribution is 2.65. The Labute approximate surface area is 146 Å². The standard InChI is InChI=1S/C21H33NO2/c1-13-11-14-15-5-6-18(23)21(15,3)8-7-16(14)20(2)9-10-22(4)19(24)12-17(13)20/h12-16,18,23H,5-11H2,1-4H3/t13?,14-,15-,16-,18?,20+,21-/m0/s1. The zero-order chi connectivity index (χ0) is 17.3. The predicted octanol–water partition coefficient (Wildman–Crippen LogP) is 3.62. The molecule has 0 aromatic carbocycles. The highest BCUT2D eigenvalue weighted by Gasteiger charge is 2.59. The normalized spacial score (nSPS) is 51.4. The van der Waals surface area contributed by atoms with E-state index in [0.29, 0.717) is 17.8 Å². The molecular weight excluding hydrogens is 298 g/mol. The van der Waals surface area contributed by atoms with Crippen LogP contribution in [0.3, 0.4) is 0 Å². The van der Waals surface area contributed by atoms with Gasteiger partial charge in [0.2, 0.25) is 5.91 Å². The van der Waals surface area contributed by atoms with E-state index in [-0.39, 0.29) is 22.8 Å². The summed E-state index contributed by atoms with van der Waals surface area (Å²) in [5.74, 6) is 2.76. The molecule has 7 atom stereocenters. The van der Waals surface area contributed by atoms with Crippen LogP contribution in [-0.4, -0.2) is 35.6 Å². The van der Waals surface area contributed by atoms with Crippen molar-refractivity contribution in [3.8, 4) is 0 Å². The number of aliphatic hydroxyl groups is 1. The maximum absolute atomic E-state index is 12.4. The molecule has 3 fully saturated rings. The largest absolute Gasteiger partial charge is 0.393 e. The number of allylic oxidation sites excluding steroid dienone is 1. The van der Waals surface area contributed by atoms with Crippen LogP contribution in [0.5, 0.6) is 0 Å². The summed E-state index contributed by atoms with van der Waals surface area (Å²) >= 11 is 0. The number of rotatable bonds is 0. The number of hydrogen-bond donors (Lipinski definition) is 1. The number of carbonyl (C=O) groups is 1. The number of amides is 1. The fourth-order valence-corrected chi connectivity index (χ4v) is 7.08. The van der Waals surface area contributed by atoms with Gasteiger partial charge in [0, 0.05) is 19.7 Å². The SMILES string of the molecule is CC1C[C@@H]2[C@H](CC[C@]3(C)C(O)CC[C@@H]23)[C@@]2(C)CCN(C)C(=O)C=C12. The number of likely N-dealkylation sites (N-methyl/N-ethyl adjacent to an activating group) is 1. The van der Waals surface area contributed by atoms with Crippen LogP contribution in [0.1, 0.15) is 59.3 Å². The third kappa shape index (κ3) is 2.09. The molecule has 0 radical (unpaired) electrons. The molecule has 0 saturated heterocycles. The van der Waals surface area contributed by atoms with Crippen LogP contribution in [0.15, 0.2) is 11.6 Å². The van der Waals surface area contributed by atoms with Gasteiger partial charge >= 0.3 is 0 Å². The lowest BCUT2D eigenvalue weighted by Crippen LogP contribution is -2.52. The molecule has 2 unspecified atom stereocenters. The third-order valence-corrected chi connectivity index (χ3v) is 8.64. The maximum atomic E-state index is 12.4. The van der Waals surface area contributed by atoms with Crippen molar-refractivity contribution >= 4 is 5.91 Å². The summed E-state index contributed by atoms with van der Waals surface area (Å²) in [7, 11) is 1.94. The molecule has 134 valence electrons. The molecule has 0 bridgehead atoms. The Hall–Kier alpha value is -0.830. The van der Waals surface area contributed by atoms with Gasteiger partial charge in [0.05, 0.1) is 6.10 Å². The molecule has 4 aliphatic rings. The summed E-state index contributed by atoms with van der Waals surface area (Å²) in [6, 6.07) is 0. The molecular formula is C21H33NO2. The van der Waals surface area contributed by atoms with E-state index < -0.39 is 0 Å². The Morgan fingerprint density at radius 3 is 2.67 bits per heavy atom. The molecule has 3 nitrogen and oxygen atoms in total. The van der Waals surface area contributed by atoms with Crippen LogP contribution in [-0.2, 0) is 4.79 Å². The molecule has 3 aliphatic carbocycles. The van der Waals surface area contributed by atoms with Crippen molar-refractivity contribution in [2.75, 3.05) is 13.6 Å². The maximum Gasteiger partial charge on any atom is 0.246 e. The fraction of sp³-hybridized carbons (Fsp3) is 0.857. The predicted molar refractivity (Wildman–Crippen MR) is 95.3 cm³/mol. The Morgan fingerprint density at radius 1 is 1.17 bits per heavy atom. The second-order valence-corrected chi connectivity index (χ2v) is 9.68. The number of nitrogens with zero attached hydrogens (tertiary/aromatic N) is 1. The monoisotopic (exact) mass is 331 g/mol. The van der Waals surface area contributed by atoms with Crippen molar-refractivity contribution in [1.29, 1.82) is 0 Å². The van der Waals surface area contributed by atoms with Crippen molar-refractivity contribution in [2.45, 2.75) is 65.4 Å². The van der Waals surface area contributed by atoms with E-state index in [9.17, 15) is 9.90 Å². The molecule has 0 spiro atoms. The van der Waals surface area contributed by atoms with Gasteiger partial charge in [-0.05, 0) is 73.0 Å². The van der Waals surface area contributed by atoms with Crippen molar-refractivity contribution < 1.29 is 9.90 Å². The van der Waals surface area contributed by atoms with E-state index in [2.05, 4.69) is 20.8 Å². The van der Waals surface area contributed by atoms with E-state index in [1.54, 1.807) is 0 Å². The van der Waals surface area contributed by atoms with Crippen molar-refractivity contribution in [3.63, 3.8) is 0 Å². The van der Waals surface area contributed by atoms with E-state index in [4.69, 9.17) is 0 Å². The number of hydrogen-bond acceptors (Lipinski definition) is 2. The van der Waals surface area contributed by atoms with E-state index in [1.807, 2.05) is 18.0 Å². The van der Waals surface area contributed by atoms with E-state index in [0.717, 1.165) is 31.7 Å². The van der Waals surface area contributed by atoms with E-state index >= 15 is 0 Å². The third-order valence-electron chi connectivity index (χ3n) is 8.64. The summed E-state index contributed by atoms with van der Waals surface area (Å²) in [5.41, 5.74) is 1.72. The number of carbonyl (C=O) groups excluding carboxylic acids is 1. The molecule has 1 aliphatic heterocycles. The zero-order valence-corrected chi connectivity index (χ0v) is 15.7. The van der Waals surface area contributed by atoms with Gasteiger partial charge in [-0.3, -0.25) is 4.79 Å². The lowest BCUT2D eigenvalue weighted by Gasteiger charge is -2.58. The second kappa shape index (κ2) is 5.33. The van der Waals surface area contributed by atoms with Crippen LogP contribution in [0.2, 0.25) is 0 Å². The molecule has 4 rings (SSSR count). The fourth-order valence-electron chi connectivity index (χ4n) is 7.08. The Bertz CT molecular complexity index is 584. The average Bonchev–Trinajstić information content (AvgIpc) is 2.78. The van der Waals surface area contributed by atoms with Crippen molar-refractivity contribution in [1.82, 2.24) is 4.90 Å². The summed E-state index contributed by atoms with van der Waals surface area (Å²) in [6.45, 7) is 7.98. The lowest BCUT2D eigenvalue weighted by atomic mass is 9.46.